The van der Waals surface area contributed by atoms with Crippen LogP contribution >= 0.6 is 11.3 Å². The Morgan fingerprint density at radius 1 is 1.03 bits per heavy atom. The molecule has 0 aliphatic carbocycles. The van der Waals surface area contributed by atoms with Crippen LogP contribution in [0.1, 0.15) is 24.3 Å². The molecule has 0 bridgehead atoms. The summed E-state index contributed by atoms with van der Waals surface area (Å²) in [5.74, 6) is 0.487. The molecule has 0 radical (unpaired) electrons. The lowest BCUT2D eigenvalue weighted by Gasteiger charge is -2.38. The van der Waals surface area contributed by atoms with Crippen LogP contribution < -0.4 is 19.7 Å². The van der Waals surface area contributed by atoms with Crippen LogP contribution in [0.25, 0.3) is 10.4 Å². The number of thiophene rings is 1. The molecule has 0 saturated carbocycles. The topological polar surface area (TPSA) is 70.7 Å². The Bertz CT molecular complexity index is 1240. The molecular weight excluding hydrogens is 454 g/mol. The Labute approximate surface area is 200 Å². The van der Waals surface area contributed by atoms with E-state index >= 15 is 0 Å². The average molecular weight is 486 g/mol. The van der Waals surface area contributed by atoms with Crippen molar-refractivity contribution in [2.24, 2.45) is 0 Å². The van der Waals surface area contributed by atoms with Crippen molar-refractivity contribution in [3.8, 4) is 16.2 Å². The molecule has 1 aromatic heterocycles. The van der Waals surface area contributed by atoms with Gasteiger partial charge in [-0.25, -0.2) is 8.42 Å². The highest BCUT2D eigenvalue weighted by atomic mass is 32.2. The number of hydrogen-bond donors (Lipinski definition) is 2. The molecule has 1 aliphatic heterocycles. The molecule has 33 heavy (non-hydrogen) atoms. The minimum absolute atomic E-state index is 0.230. The summed E-state index contributed by atoms with van der Waals surface area (Å²) in [4.78, 5) is 4.86. The lowest BCUT2D eigenvalue weighted by Crippen LogP contribution is -2.54. The third kappa shape index (κ3) is 5.18. The molecule has 2 atom stereocenters. The minimum Gasteiger partial charge on any atom is -0.495 e. The van der Waals surface area contributed by atoms with Crippen molar-refractivity contribution >= 4 is 32.7 Å². The maximum atomic E-state index is 13.3. The van der Waals surface area contributed by atoms with Crippen LogP contribution in [0.4, 0.5) is 11.4 Å². The third-order valence-corrected chi connectivity index (χ3v) is 8.26. The standard InChI is InChI=1S/C25H31N3O3S2/c1-16-12-21(8-9-22(16)25-11-6-19(4)32-25)33(29,30)27-23-13-20(7-10-24(23)31-5)28-14-17(2)26-18(3)15-28/h6-13,17-18,26-27H,14-15H2,1-5H3/t17-,18+. The van der Waals surface area contributed by atoms with Crippen molar-refractivity contribution in [1.29, 1.82) is 0 Å². The summed E-state index contributed by atoms with van der Waals surface area (Å²) >= 11 is 1.70. The first kappa shape index (κ1) is 23.6. The number of hydrogen-bond acceptors (Lipinski definition) is 6. The highest BCUT2D eigenvalue weighted by molar-refractivity contribution is 7.92. The first-order valence-corrected chi connectivity index (χ1v) is 13.4. The molecule has 2 aromatic carbocycles. The number of benzene rings is 2. The zero-order valence-corrected chi connectivity index (χ0v) is 21.3. The van der Waals surface area contributed by atoms with E-state index < -0.39 is 10.0 Å². The summed E-state index contributed by atoms with van der Waals surface area (Å²) in [5, 5.41) is 3.52. The zero-order chi connectivity index (χ0) is 23.8. The van der Waals surface area contributed by atoms with E-state index in [0.29, 0.717) is 23.5 Å². The van der Waals surface area contributed by atoms with Crippen molar-refractivity contribution in [1.82, 2.24) is 5.32 Å². The SMILES string of the molecule is COc1ccc(N2C[C@@H](C)N[C@@H](C)C2)cc1NS(=O)(=O)c1ccc(-c2ccc(C)s2)c(C)c1. The molecular formula is C25H31N3O3S2. The predicted molar refractivity (Wildman–Crippen MR) is 137 cm³/mol. The molecule has 1 fully saturated rings. The van der Waals surface area contributed by atoms with Gasteiger partial charge in [0, 0.05) is 40.6 Å². The largest absolute Gasteiger partial charge is 0.495 e. The van der Waals surface area contributed by atoms with Crippen LogP contribution in [0.5, 0.6) is 5.75 Å². The fourth-order valence-corrected chi connectivity index (χ4v) is 6.48. The molecule has 0 unspecified atom stereocenters. The molecule has 4 rings (SSSR count). The van der Waals surface area contributed by atoms with Crippen molar-refractivity contribution < 1.29 is 13.2 Å². The normalized spacial score (nSPS) is 18.9. The molecule has 0 spiro atoms. The quantitative estimate of drug-likeness (QED) is 0.513. The summed E-state index contributed by atoms with van der Waals surface area (Å²) in [7, 11) is -2.24. The lowest BCUT2D eigenvalue weighted by atomic mass is 10.1. The molecule has 176 valence electrons. The molecule has 0 amide bonds. The first-order chi connectivity index (χ1) is 15.7. The minimum atomic E-state index is -3.79. The van der Waals surface area contributed by atoms with Crippen LogP contribution in [-0.2, 0) is 10.0 Å². The van der Waals surface area contributed by atoms with Gasteiger partial charge < -0.3 is 15.0 Å². The Morgan fingerprint density at radius 2 is 1.76 bits per heavy atom. The molecule has 6 nitrogen and oxygen atoms in total. The van der Waals surface area contributed by atoms with E-state index in [1.165, 1.54) is 4.88 Å². The maximum absolute atomic E-state index is 13.3. The van der Waals surface area contributed by atoms with Crippen LogP contribution in [-0.4, -0.2) is 40.7 Å². The highest BCUT2D eigenvalue weighted by Crippen LogP contribution is 2.34. The van der Waals surface area contributed by atoms with Crippen molar-refractivity contribution in [2.75, 3.05) is 29.8 Å². The van der Waals surface area contributed by atoms with Gasteiger partial charge in [-0.05, 0) is 81.3 Å². The number of nitrogens with zero attached hydrogens (tertiary/aromatic N) is 1. The Balaban J connectivity index is 1.63. The molecule has 8 heteroatoms. The van der Waals surface area contributed by atoms with Gasteiger partial charge in [0.15, 0.2) is 0 Å². The maximum Gasteiger partial charge on any atom is 0.262 e. The summed E-state index contributed by atoms with van der Waals surface area (Å²) in [6, 6.07) is 15.8. The predicted octanol–water partition coefficient (Wildman–Crippen LogP) is 5.03. The third-order valence-electron chi connectivity index (χ3n) is 5.86. The Hall–Kier alpha value is -2.55. The second-order valence-electron chi connectivity index (χ2n) is 8.75. The fraction of sp³-hybridized carbons (Fsp3) is 0.360. The van der Waals surface area contributed by atoms with Gasteiger partial charge in [0.05, 0.1) is 17.7 Å². The number of rotatable bonds is 6. The van der Waals surface area contributed by atoms with Gasteiger partial charge in [-0.2, -0.15) is 0 Å². The second-order valence-corrected chi connectivity index (χ2v) is 11.7. The summed E-state index contributed by atoms with van der Waals surface area (Å²) in [6.07, 6.45) is 0. The van der Waals surface area contributed by atoms with E-state index in [-0.39, 0.29) is 4.90 Å². The van der Waals surface area contributed by atoms with Crippen molar-refractivity contribution in [3.63, 3.8) is 0 Å². The van der Waals surface area contributed by atoms with Gasteiger partial charge in [0.2, 0.25) is 0 Å². The van der Waals surface area contributed by atoms with Crippen molar-refractivity contribution in [3.05, 3.63) is 59.0 Å². The molecule has 1 aliphatic rings. The van der Waals surface area contributed by atoms with E-state index in [0.717, 1.165) is 34.8 Å². The van der Waals surface area contributed by atoms with E-state index in [2.05, 4.69) is 47.8 Å². The first-order valence-electron chi connectivity index (χ1n) is 11.1. The van der Waals surface area contributed by atoms with E-state index in [1.54, 1.807) is 30.6 Å². The Kier molecular flexibility index (Phi) is 6.70. The highest BCUT2D eigenvalue weighted by Gasteiger charge is 2.23. The van der Waals surface area contributed by atoms with Gasteiger partial charge in [-0.15, -0.1) is 11.3 Å². The number of piperazine rings is 1. The summed E-state index contributed by atoms with van der Waals surface area (Å²) < 4.78 is 34.8. The van der Waals surface area contributed by atoms with E-state index in [1.807, 2.05) is 31.2 Å². The molecule has 3 aromatic rings. The smallest absolute Gasteiger partial charge is 0.262 e. The molecule has 1 saturated heterocycles. The average Bonchev–Trinajstić information content (AvgIpc) is 3.18. The monoisotopic (exact) mass is 485 g/mol. The number of aryl methyl sites for hydroxylation is 2. The van der Waals surface area contributed by atoms with Crippen LogP contribution in [0.2, 0.25) is 0 Å². The van der Waals surface area contributed by atoms with Gasteiger partial charge >= 0.3 is 0 Å². The number of nitrogens with one attached hydrogen (secondary N) is 2. The molecule has 2 N–H and O–H groups in total. The summed E-state index contributed by atoms with van der Waals surface area (Å²) in [5.41, 5.74) is 3.37. The van der Waals surface area contributed by atoms with Crippen LogP contribution in [0.3, 0.4) is 0 Å². The van der Waals surface area contributed by atoms with Gasteiger partial charge in [0.25, 0.3) is 10.0 Å². The van der Waals surface area contributed by atoms with E-state index in [4.69, 9.17) is 4.74 Å². The summed E-state index contributed by atoms with van der Waals surface area (Å²) in [6.45, 7) is 10.0. The molecule has 2 heterocycles. The van der Waals surface area contributed by atoms with E-state index in [9.17, 15) is 8.42 Å². The second kappa shape index (κ2) is 9.37. The number of anilines is 2. The van der Waals surface area contributed by atoms with Crippen molar-refractivity contribution in [2.45, 2.75) is 44.7 Å². The van der Waals surface area contributed by atoms with Crippen LogP contribution in [0.15, 0.2) is 53.4 Å². The van der Waals surface area contributed by atoms with Gasteiger partial charge in [-0.1, -0.05) is 6.07 Å². The van der Waals surface area contributed by atoms with Crippen LogP contribution in [0, 0.1) is 13.8 Å². The fourth-order valence-electron chi connectivity index (χ4n) is 4.37. The van der Waals surface area contributed by atoms with Gasteiger partial charge in [0.1, 0.15) is 5.75 Å². The Morgan fingerprint density at radius 3 is 2.36 bits per heavy atom. The number of ether oxygens (including phenoxy) is 1. The zero-order valence-electron chi connectivity index (χ0n) is 19.7. The van der Waals surface area contributed by atoms with Gasteiger partial charge in [-0.3, -0.25) is 4.72 Å². The number of methoxy groups -OCH3 is 1. The lowest BCUT2D eigenvalue weighted by molar-refractivity contribution is 0.406. The number of sulfonamides is 1.